The second-order valence-corrected chi connectivity index (χ2v) is 9.24. The number of sulfonamides is 1. The summed E-state index contributed by atoms with van der Waals surface area (Å²) in [6.07, 6.45) is -0.110. The van der Waals surface area contributed by atoms with Crippen molar-refractivity contribution in [2.24, 2.45) is 0 Å². The minimum Gasteiger partial charge on any atom is -0.759 e. The first kappa shape index (κ1) is 21.9. The summed E-state index contributed by atoms with van der Waals surface area (Å²) in [6, 6.07) is 18.1. The first-order valence-electron chi connectivity index (χ1n) is 8.82. The van der Waals surface area contributed by atoms with Crippen molar-refractivity contribution in [3.63, 3.8) is 0 Å². The van der Waals surface area contributed by atoms with Gasteiger partial charge in [-0.1, -0.05) is 40.2 Å². The summed E-state index contributed by atoms with van der Waals surface area (Å²) in [7, 11) is -3.93. The molecule has 0 saturated heterocycles. The Labute approximate surface area is 182 Å². The van der Waals surface area contributed by atoms with Crippen molar-refractivity contribution in [2.75, 3.05) is 4.31 Å². The molecule has 0 spiro atoms. The molecule has 0 unspecified atom stereocenters. The summed E-state index contributed by atoms with van der Waals surface area (Å²) in [4.78, 5) is 11.4. The molecule has 0 radical (unpaired) electrons. The SMILES string of the molecule is O=C(Cc1ccc(N(Cc2ccc(F)cc2)S(=O)(=O)c2ccc(Br)cc2)cc1)N[O-]. The van der Waals surface area contributed by atoms with E-state index in [2.05, 4.69) is 15.9 Å². The van der Waals surface area contributed by atoms with Gasteiger partial charge in [0.2, 0.25) is 5.91 Å². The third-order valence-corrected chi connectivity index (χ3v) is 6.66. The number of nitrogens with one attached hydrogen (secondary N) is 1. The highest BCUT2D eigenvalue weighted by atomic mass is 79.9. The molecular weight excluding hydrogens is 475 g/mol. The predicted molar refractivity (Wildman–Crippen MR) is 116 cm³/mol. The smallest absolute Gasteiger partial charge is 0.264 e. The van der Waals surface area contributed by atoms with E-state index in [4.69, 9.17) is 0 Å². The minimum absolute atomic E-state index is 0.0148. The van der Waals surface area contributed by atoms with Crippen molar-refractivity contribution in [2.45, 2.75) is 17.9 Å². The van der Waals surface area contributed by atoms with Gasteiger partial charge >= 0.3 is 0 Å². The van der Waals surface area contributed by atoms with Crippen LogP contribution in [0.15, 0.2) is 82.2 Å². The van der Waals surface area contributed by atoms with Gasteiger partial charge in [-0.05, 0) is 59.7 Å². The van der Waals surface area contributed by atoms with Gasteiger partial charge in [-0.3, -0.25) is 9.10 Å². The zero-order chi connectivity index (χ0) is 21.7. The predicted octanol–water partition coefficient (Wildman–Crippen LogP) is 4.14. The van der Waals surface area contributed by atoms with Crippen LogP contribution in [-0.2, 0) is 27.8 Å². The zero-order valence-electron chi connectivity index (χ0n) is 15.6. The Hall–Kier alpha value is -2.75. The number of amides is 1. The van der Waals surface area contributed by atoms with Crippen molar-refractivity contribution < 1.29 is 17.6 Å². The molecule has 0 heterocycles. The van der Waals surface area contributed by atoms with Crippen LogP contribution in [-0.4, -0.2) is 14.3 Å². The maximum absolute atomic E-state index is 13.4. The summed E-state index contributed by atoms with van der Waals surface area (Å²) in [5, 5.41) is 10.4. The van der Waals surface area contributed by atoms with Crippen molar-refractivity contribution in [1.82, 2.24) is 5.48 Å². The summed E-state index contributed by atoms with van der Waals surface area (Å²) < 4.78 is 41.9. The van der Waals surface area contributed by atoms with E-state index < -0.39 is 21.7 Å². The lowest BCUT2D eigenvalue weighted by Crippen LogP contribution is -2.30. The Bertz CT molecular complexity index is 1120. The number of carbonyl (C=O) groups is 1. The molecule has 0 aliphatic rings. The highest BCUT2D eigenvalue weighted by Crippen LogP contribution is 2.27. The molecule has 30 heavy (non-hydrogen) atoms. The molecule has 6 nitrogen and oxygen atoms in total. The Balaban J connectivity index is 1.99. The fraction of sp³-hybridized carbons (Fsp3) is 0.0952. The number of nitrogens with zero attached hydrogens (tertiary/aromatic N) is 1. The number of halogens is 2. The maximum atomic E-state index is 13.4. The molecule has 0 saturated carbocycles. The molecule has 3 rings (SSSR count). The van der Waals surface area contributed by atoms with Gasteiger partial charge in [0.25, 0.3) is 10.0 Å². The fourth-order valence-corrected chi connectivity index (χ4v) is 4.52. The lowest BCUT2D eigenvalue weighted by atomic mass is 10.1. The number of hydrogen-bond acceptors (Lipinski definition) is 4. The molecule has 3 aromatic carbocycles. The van der Waals surface area contributed by atoms with Gasteiger partial charge < -0.3 is 10.7 Å². The number of benzene rings is 3. The van der Waals surface area contributed by atoms with E-state index >= 15 is 0 Å². The molecule has 0 aromatic heterocycles. The highest BCUT2D eigenvalue weighted by Gasteiger charge is 2.25. The van der Waals surface area contributed by atoms with Crippen LogP contribution in [0.1, 0.15) is 11.1 Å². The fourth-order valence-electron chi connectivity index (χ4n) is 2.81. The molecule has 1 N–H and O–H groups in total. The Morgan fingerprint density at radius 3 is 2.07 bits per heavy atom. The molecule has 3 aromatic rings. The number of rotatable bonds is 7. The van der Waals surface area contributed by atoms with E-state index in [1.54, 1.807) is 36.4 Å². The van der Waals surface area contributed by atoms with Gasteiger partial charge in [0.15, 0.2) is 0 Å². The summed E-state index contributed by atoms with van der Waals surface area (Å²) in [5.41, 5.74) is 2.85. The lowest BCUT2D eigenvalue weighted by molar-refractivity contribution is -0.119. The third kappa shape index (κ3) is 5.24. The van der Waals surface area contributed by atoms with Gasteiger partial charge in [0.1, 0.15) is 5.82 Å². The first-order chi connectivity index (χ1) is 14.3. The van der Waals surface area contributed by atoms with E-state index in [1.165, 1.54) is 46.2 Å². The monoisotopic (exact) mass is 491 g/mol. The van der Waals surface area contributed by atoms with Crippen LogP contribution >= 0.6 is 15.9 Å². The van der Waals surface area contributed by atoms with Gasteiger partial charge in [-0.25, -0.2) is 12.8 Å². The van der Waals surface area contributed by atoms with E-state index in [1.807, 2.05) is 0 Å². The molecule has 0 aliphatic carbocycles. The first-order valence-corrected chi connectivity index (χ1v) is 11.1. The lowest BCUT2D eigenvalue weighted by Gasteiger charge is -2.25. The number of hydrogen-bond donors (Lipinski definition) is 1. The van der Waals surface area contributed by atoms with Crippen LogP contribution in [0.5, 0.6) is 0 Å². The van der Waals surface area contributed by atoms with Gasteiger partial charge in [0, 0.05) is 4.47 Å². The van der Waals surface area contributed by atoms with Crippen LogP contribution in [0.25, 0.3) is 0 Å². The molecule has 1 amide bonds. The number of anilines is 1. The molecule has 0 atom stereocenters. The molecule has 0 aliphatic heterocycles. The summed E-state index contributed by atoms with van der Waals surface area (Å²) in [6.45, 7) is -0.0148. The average Bonchev–Trinajstić information content (AvgIpc) is 2.74. The van der Waals surface area contributed by atoms with Crippen molar-refractivity contribution >= 4 is 37.5 Å². The van der Waals surface area contributed by atoms with Crippen LogP contribution in [0.2, 0.25) is 0 Å². The van der Waals surface area contributed by atoms with Crippen LogP contribution < -0.4 is 9.79 Å². The van der Waals surface area contributed by atoms with Crippen molar-refractivity contribution in [1.29, 1.82) is 0 Å². The second kappa shape index (κ2) is 9.38. The minimum atomic E-state index is -3.93. The topological polar surface area (TPSA) is 89.5 Å². The van der Waals surface area contributed by atoms with Crippen molar-refractivity contribution in [3.8, 4) is 0 Å². The number of hydroxylamine groups is 1. The Morgan fingerprint density at radius 2 is 1.50 bits per heavy atom. The van der Waals surface area contributed by atoms with Crippen LogP contribution in [0, 0.1) is 11.0 Å². The quantitative estimate of drug-likeness (QED) is 0.502. The Kier molecular flexibility index (Phi) is 6.86. The Morgan fingerprint density at radius 1 is 0.933 bits per heavy atom. The largest absolute Gasteiger partial charge is 0.759 e. The van der Waals surface area contributed by atoms with E-state index in [9.17, 15) is 22.8 Å². The molecule has 0 bridgehead atoms. The molecule has 0 fully saturated rings. The molecule has 156 valence electrons. The van der Waals surface area contributed by atoms with E-state index in [-0.39, 0.29) is 17.9 Å². The normalized spacial score (nSPS) is 11.2. The third-order valence-electron chi connectivity index (χ3n) is 4.34. The van der Waals surface area contributed by atoms with Crippen LogP contribution in [0.3, 0.4) is 0 Å². The summed E-state index contributed by atoms with van der Waals surface area (Å²) in [5.74, 6) is -1.10. The van der Waals surface area contributed by atoms with Gasteiger partial charge in [-0.2, -0.15) is 0 Å². The highest BCUT2D eigenvalue weighted by molar-refractivity contribution is 9.10. The van der Waals surface area contributed by atoms with E-state index in [0.29, 0.717) is 16.8 Å². The molecule has 9 heteroatoms. The number of carbonyl (C=O) groups excluding carboxylic acids is 1. The van der Waals surface area contributed by atoms with Crippen molar-refractivity contribution in [3.05, 3.63) is 99.4 Å². The van der Waals surface area contributed by atoms with Crippen LogP contribution in [0.4, 0.5) is 10.1 Å². The average molecular weight is 492 g/mol. The van der Waals surface area contributed by atoms with Gasteiger partial charge in [-0.15, -0.1) is 0 Å². The maximum Gasteiger partial charge on any atom is 0.264 e. The van der Waals surface area contributed by atoms with E-state index in [0.717, 1.165) is 4.47 Å². The zero-order valence-corrected chi connectivity index (χ0v) is 18.0. The van der Waals surface area contributed by atoms with Gasteiger partial charge in [0.05, 0.1) is 23.5 Å². The standard InChI is InChI=1S/C21H17BrFN2O4S/c22-17-5-11-20(12-6-17)30(28,29)25(14-16-1-7-18(23)8-2-16)19-9-3-15(4-10-19)13-21(26)24-27/h1-12H,13-14H2,(H-,24,26,27)/q-1. The molecular formula is C21H17BrFN2O4S-. The summed E-state index contributed by atoms with van der Waals surface area (Å²) >= 11 is 3.29. The second-order valence-electron chi connectivity index (χ2n) is 6.46.